The van der Waals surface area contributed by atoms with E-state index < -0.39 is 0 Å². The lowest BCUT2D eigenvalue weighted by atomic mass is 9.99. The molecule has 0 aromatic carbocycles. The SMILES string of the molecule is Cc1cncc(C(=O)NC2CCC3C2CCN3Cc2cnn(C(C)C)c2)c1. The lowest BCUT2D eigenvalue weighted by Gasteiger charge is -2.24. The Labute approximate surface area is 161 Å². The zero-order valence-electron chi connectivity index (χ0n) is 16.4. The largest absolute Gasteiger partial charge is 0.349 e. The van der Waals surface area contributed by atoms with E-state index in [0.29, 0.717) is 23.6 Å². The minimum Gasteiger partial charge on any atom is -0.349 e. The summed E-state index contributed by atoms with van der Waals surface area (Å²) in [6.45, 7) is 8.32. The highest BCUT2D eigenvalue weighted by atomic mass is 16.1. The summed E-state index contributed by atoms with van der Waals surface area (Å²) in [5.74, 6) is 0.556. The van der Waals surface area contributed by atoms with E-state index >= 15 is 0 Å². The molecule has 3 unspecified atom stereocenters. The van der Waals surface area contributed by atoms with Gasteiger partial charge in [0.1, 0.15) is 0 Å². The predicted octanol–water partition coefficient (Wildman–Crippen LogP) is 2.95. The summed E-state index contributed by atoms with van der Waals surface area (Å²) in [5.41, 5.74) is 2.96. The van der Waals surface area contributed by atoms with Crippen molar-refractivity contribution in [3.8, 4) is 0 Å². The van der Waals surface area contributed by atoms with Gasteiger partial charge in [0.2, 0.25) is 0 Å². The minimum absolute atomic E-state index is 0.00788. The second-order valence-corrected chi connectivity index (χ2v) is 8.32. The molecule has 0 spiro atoms. The van der Waals surface area contributed by atoms with Crippen LogP contribution in [0.15, 0.2) is 30.9 Å². The van der Waals surface area contributed by atoms with E-state index in [2.05, 4.69) is 40.3 Å². The van der Waals surface area contributed by atoms with Gasteiger partial charge in [-0.2, -0.15) is 5.10 Å². The molecule has 1 aliphatic heterocycles. The average molecular weight is 367 g/mol. The number of fused-ring (bicyclic) bond motifs is 1. The number of nitrogens with zero attached hydrogens (tertiary/aromatic N) is 4. The summed E-state index contributed by atoms with van der Waals surface area (Å²) in [6, 6.07) is 3.13. The molecule has 1 saturated carbocycles. The number of carbonyl (C=O) groups excluding carboxylic acids is 1. The second-order valence-electron chi connectivity index (χ2n) is 8.32. The van der Waals surface area contributed by atoms with Crippen molar-refractivity contribution in [2.45, 2.75) is 64.7 Å². The second kappa shape index (κ2) is 7.43. The molecule has 3 heterocycles. The molecule has 3 atom stereocenters. The number of amides is 1. The third-order valence-corrected chi connectivity index (χ3v) is 6.03. The predicted molar refractivity (Wildman–Crippen MR) is 104 cm³/mol. The Morgan fingerprint density at radius 2 is 2.11 bits per heavy atom. The Morgan fingerprint density at radius 3 is 2.85 bits per heavy atom. The third kappa shape index (κ3) is 3.76. The first-order valence-electron chi connectivity index (χ1n) is 10.0. The molecule has 27 heavy (non-hydrogen) atoms. The van der Waals surface area contributed by atoms with Gasteiger partial charge in [0, 0.05) is 48.8 Å². The highest BCUT2D eigenvalue weighted by Gasteiger charge is 2.44. The molecule has 1 amide bonds. The van der Waals surface area contributed by atoms with Crippen molar-refractivity contribution in [3.05, 3.63) is 47.5 Å². The summed E-state index contributed by atoms with van der Waals surface area (Å²) < 4.78 is 2.02. The first-order valence-corrected chi connectivity index (χ1v) is 10.0. The number of rotatable bonds is 5. The van der Waals surface area contributed by atoms with Crippen LogP contribution in [-0.2, 0) is 6.54 Å². The van der Waals surface area contributed by atoms with Crippen molar-refractivity contribution < 1.29 is 4.79 Å². The number of hydrogen-bond donors (Lipinski definition) is 1. The number of carbonyl (C=O) groups is 1. The maximum atomic E-state index is 12.6. The Bertz CT molecular complexity index is 814. The smallest absolute Gasteiger partial charge is 0.253 e. The normalized spacial score (nSPS) is 25.1. The van der Waals surface area contributed by atoms with Gasteiger partial charge in [0.15, 0.2) is 0 Å². The van der Waals surface area contributed by atoms with Crippen molar-refractivity contribution in [2.75, 3.05) is 6.54 Å². The molecule has 0 radical (unpaired) electrons. The van der Waals surface area contributed by atoms with Gasteiger partial charge < -0.3 is 5.32 Å². The third-order valence-electron chi connectivity index (χ3n) is 6.03. The van der Waals surface area contributed by atoms with Crippen LogP contribution < -0.4 is 5.32 Å². The van der Waals surface area contributed by atoms with Crippen LogP contribution in [0.3, 0.4) is 0 Å². The lowest BCUT2D eigenvalue weighted by Crippen LogP contribution is -2.39. The molecule has 2 aromatic heterocycles. The highest BCUT2D eigenvalue weighted by molar-refractivity contribution is 5.94. The molecule has 2 aliphatic rings. The van der Waals surface area contributed by atoms with E-state index in [9.17, 15) is 4.79 Å². The zero-order valence-corrected chi connectivity index (χ0v) is 16.4. The van der Waals surface area contributed by atoms with E-state index in [1.54, 1.807) is 12.4 Å². The van der Waals surface area contributed by atoms with E-state index in [0.717, 1.165) is 37.9 Å². The average Bonchev–Trinajstić information content (AvgIpc) is 3.34. The summed E-state index contributed by atoms with van der Waals surface area (Å²) in [7, 11) is 0. The van der Waals surface area contributed by atoms with E-state index in [-0.39, 0.29) is 11.9 Å². The lowest BCUT2D eigenvalue weighted by molar-refractivity contribution is 0.0926. The van der Waals surface area contributed by atoms with Crippen molar-refractivity contribution in [1.29, 1.82) is 0 Å². The number of aryl methyl sites for hydroxylation is 1. The van der Waals surface area contributed by atoms with Gasteiger partial charge in [-0.1, -0.05) is 0 Å². The summed E-state index contributed by atoms with van der Waals surface area (Å²) >= 11 is 0. The van der Waals surface area contributed by atoms with Crippen molar-refractivity contribution in [1.82, 2.24) is 25.0 Å². The molecular weight excluding hydrogens is 338 g/mol. The van der Waals surface area contributed by atoms with Gasteiger partial charge in [-0.15, -0.1) is 0 Å². The molecule has 1 N–H and O–H groups in total. The number of hydrogen-bond acceptors (Lipinski definition) is 4. The Hall–Kier alpha value is -2.21. The van der Waals surface area contributed by atoms with Gasteiger partial charge in [0.25, 0.3) is 5.91 Å². The van der Waals surface area contributed by atoms with Crippen LogP contribution in [0, 0.1) is 12.8 Å². The van der Waals surface area contributed by atoms with Crippen LogP contribution in [0.1, 0.15) is 60.6 Å². The zero-order chi connectivity index (χ0) is 19.0. The van der Waals surface area contributed by atoms with Gasteiger partial charge in [-0.3, -0.25) is 19.4 Å². The first kappa shape index (κ1) is 18.2. The molecule has 1 saturated heterocycles. The van der Waals surface area contributed by atoms with E-state index in [4.69, 9.17) is 0 Å². The molecule has 2 aromatic rings. The molecule has 6 heteroatoms. The van der Waals surface area contributed by atoms with Crippen LogP contribution in [0.4, 0.5) is 0 Å². The minimum atomic E-state index is 0.00788. The number of likely N-dealkylation sites (tertiary alicyclic amines) is 1. The van der Waals surface area contributed by atoms with Gasteiger partial charge in [0.05, 0.1) is 11.8 Å². The first-order chi connectivity index (χ1) is 13.0. The molecule has 1 aliphatic carbocycles. The number of aromatic nitrogens is 3. The molecule has 4 rings (SSSR count). The highest BCUT2D eigenvalue weighted by Crippen LogP contribution is 2.39. The Kier molecular flexibility index (Phi) is 5.00. The molecule has 0 bridgehead atoms. The van der Waals surface area contributed by atoms with Gasteiger partial charge in [-0.05, 0) is 64.1 Å². The van der Waals surface area contributed by atoms with E-state index in [1.165, 1.54) is 5.56 Å². The summed E-state index contributed by atoms with van der Waals surface area (Å²) in [6.07, 6.45) is 11.0. The van der Waals surface area contributed by atoms with Gasteiger partial charge >= 0.3 is 0 Å². The molecular formula is C21H29N5O. The van der Waals surface area contributed by atoms with Crippen LogP contribution in [0.25, 0.3) is 0 Å². The van der Waals surface area contributed by atoms with E-state index in [1.807, 2.05) is 23.9 Å². The van der Waals surface area contributed by atoms with Crippen LogP contribution in [0.2, 0.25) is 0 Å². The summed E-state index contributed by atoms with van der Waals surface area (Å²) in [4.78, 5) is 19.3. The van der Waals surface area contributed by atoms with Crippen molar-refractivity contribution in [3.63, 3.8) is 0 Å². The monoisotopic (exact) mass is 367 g/mol. The van der Waals surface area contributed by atoms with Crippen LogP contribution in [-0.4, -0.2) is 44.2 Å². The number of nitrogens with one attached hydrogen (secondary N) is 1. The topological polar surface area (TPSA) is 63.1 Å². The maximum Gasteiger partial charge on any atom is 0.253 e. The van der Waals surface area contributed by atoms with Crippen LogP contribution >= 0.6 is 0 Å². The molecule has 2 fully saturated rings. The fourth-order valence-corrected chi connectivity index (χ4v) is 4.66. The fraction of sp³-hybridized carbons (Fsp3) is 0.571. The Balaban J connectivity index is 1.37. The maximum absolute atomic E-state index is 12.6. The van der Waals surface area contributed by atoms with Gasteiger partial charge in [-0.25, -0.2) is 0 Å². The molecule has 6 nitrogen and oxygen atoms in total. The van der Waals surface area contributed by atoms with Crippen LogP contribution in [0.5, 0.6) is 0 Å². The standard InChI is InChI=1S/C21H29N5O/c1-14(2)26-13-16(10-23-26)12-25-7-6-18-19(4-5-20(18)25)24-21(27)17-8-15(3)9-22-11-17/h8-11,13-14,18-20H,4-7,12H2,1-3H3,(H,24,27). The quantitative estimate of drug-likeness (QED) is 0.883. The molecule has 144 valence electrons. The Morgan fingerprint density at radius 1 is 1.26 bits per heavy atom. The van der Waals surface area contributed by atoms with Crippen molar-refractivity contribution >= 4 is 5.91 Å². The summed E-state index contributed by atoms with van der Waals surface area (Å²) in [5, 5.41) is 7.74. The van der Waals surface area contributed by atoms with Crippen molar-refractivity contribution in [2.24, 2.45) is 5.92 Å². The fourth-order valence-electron chi connectivity index (χ4n) is 4.66. The number of pyridine rings is 1.